The molecule has 3 rings (SSSR count). The number of benzene rings is 2. The molecule has 2 aromatic carbocycles. The quantitative estimate of drug-likeness (QED) is 0.508. The van der Waals surface area contributed by atoms with Crippen LogP contribution in [0.1, 0.15) is 16.2 Å². The fourth-order valence-electron chi connectivity index (χ4n) is 2.27. The van der Waals surface area contributed by atoms with Gasteiger partial charge in [0.15, 0.2) is 5.82 Å². The van der Waals surface area contributed by atoms with Crippen LogP contribution in [-0.2, 0) is 6.67 Å². The highest BCUT2D eigenvalue weighted by molar-refractivity contribution is 9.10. The van der Waals surface area contributed by atoms with Crippen LogP contribution in [0.3, 0.4) is 0 Å². The molecular formula is C17H14BrN5O3. The molecule has 0 atom stereocenters. The van der Waals surface area contributed by atoms with E-state index in [0.717, 1.165) is 4.47 Å². The molecule has 0 spiro atoms. The monoisotopic (exact) mass is 415 g/mol. The molecule has 0 radical (unpaired) electrons. The number of nitro groups is 1. The first kappa shape index (κ1) is 17.7. The van der Waals surface area contributed by atoms with E-state index in [1.165, 1.54) is 12.1 Å². The van der Waals surface area contributed by atoms with Crippen LogP contribution in [0.4, 0.5) is 5.69 Å². The zero-order valence-corrected chi connectivity index (χ0v) is 15.3. The zero-order valence-electron chi connectivity index (χ0n) is 13.7. The van der Waals surface area contributed by atoms with Crippen molar-refractivity contribution in [2.45, 2.75) is 13.6 Å². The number of hydrogen-bond acceptors (Lipinski definition) is 5. The number of halogens is 1. The maximum atomic E-state index is 12.2. The molecule has 3 aromatic rings. The lowest BCUT2D eigenvalue weighted by Gasteiger charge is -2.06. The molecule has 0 saturated heterocycles. The molecule has 0 saturated carbocycles. The number of rotatable bonds is 5. The summed E-state index contributed by atoms with van der Waals surface area (Å²) >= 11 is 3.33. The Balaban J connectivity index is 1.71. The number of hydrogen-bond donors (Lipinski definition) is 1. The van der Waals surface area contributed by atoms with Gasteiger partial charge in [-0.1, -0.05) is 15.9 Å². The molecule has 0 fully saturated rings. The third kappa shape index (κ3) is 3.94. The molecule has 1 heterocycles. The SMILES string of the molecule is Cc1nc(-c2ccc([N+](=O)[O-])cc2)nn1CNC(=O)c1ccc(Br)cc1. The summed E-state index contributed by atoms with van der Waals surface area (Å²) in [6.45, 7) is 1.94. The average molecular weight is 416 g/mol. The van der Waals surface area contributed by atoms with E-state index < -0.39 is 4.92 Å². The van der Waals surface area contributed by atoms with Crippen LogP contribution in [0.2, 0.25) is 0 Å². The molecule has 9 heteroatoms. The van der Waals surface area contributed by atoms with Crippen LogP contribution in [-0.4, -0.2) is 25.6 Å². The highest BCUT2D eigenvalue weighted by Gasteiger charge is 2.12. The van der Waals surface area contributed by atoms with E-state index in [4.69, 9.17) is 0 Å². The smallest absolute Gasteiger partial charge is 0.269 e. The van der Waals surface area contributed by atoms with E-state index in [1.807, 2.05) is 0 Å². The van der Waals surface area contributed by atoms with Crippen LogP contribution in [0.25, 0.3) is 11.4 Å². The van der Waals surface area contributed by atoms with Gasteiger partial charge in [-0.2, -0.15) is 0 Å². The van der Waals surface area contributed by atoms with Gasteiger partial charge in [-0.3, -0.25) is 14.9 Å². The van der Waals surface area contributed by atoms with Crippen LogP contribution in [0, 0.1) is 17.0 Å². The summed E-state index contributed by atoms with van der Waals surface area (Å²) in [6, 6.07) is 13.0. The molecule has 1 aromatic heterocycles. The maximum absolute atomic E-state index is 12.2. The Kier molecular flexibility index (Phi) is 5.08. The second-order valence-electron chi connectivity index (χ2n) is 5.46. The van der Waals surface area contributed by atoms with Gasteiger partial charge in [-0.15, -0.1) is 5.10 Å². The number of aromatic nitrogens is 3. The van der Waals surface area contributed by atoms with E-state index in [9.17, 15) is 14.9 Å². The van der Waals surface area contributed by atoms with Gasteiger partial charge in [0.2, 0.25) is 0 Å². The standard InChI is InChI=1S/C17H14BrN5O3/c1-11-20-16(12-4-8-15(9-5-12)23(25)26)21-22(11)10-19-17(24)13-2-6-14(18)7-3-13/h2-9H,10H2,1H3,(H,19,24). The number of nitrogens with zero attached hydrogens (tertiary/aromatic N) is 4. The largest absolute Gasteiger partial charge is 0.333 e. The van der Waals surface area contributed by atoms with Gasteiger partial charge in [-0.25, -0.2) is 9.67 Å². The van der Waals surface area contributed by atoms with Crippen LogP contribution >= 0.6 is 15.9 Å². The topological polar surface area (TPSA) is 103 Å². The molecule has 8 nitrogen and oxygen atoms in total. The first-order valence-corrected chi connectivity index (χ1v) is 8.43. The van der Waals surface area contributed by atoms with E-state index in [-0.39, 0.29) is 18.3 Å². The van der Waals surface area contributed by atoms with Gasteiger partial charge in [0, 0.05) is 27.7 Å². The van der Waals surface area contributed by atoms with Crippen molar-refractivity contribution in [3.8, 4) is 11.4 Å². The summed E-state index contributed by atoms with van der Waals surface area (Å²) in [7, 11) is 0. The summed E-state index contributed by atoms with van der Waals surface area (Å²) in [6.07, 6.45) is 0. The van der Waals surface area contributed by atoms with Gasteiger partial charge in [0.05, 0.1) is 4.92 Å². The van der Waals surface area contributed by atoms with Gasteiger partial charge in [0.25, 0.3) is 11.6 Å². The number of amides is 1. The number of carbonyl (C=O) groups is 1. The predicted octanol–water partition coefficient (Wildman–Crippen LogP) is 3.31. The minimum Gasteiger partial charge on any atom is -0.333 e. The fraction of sp³-hybridized carbons (Fsp3) is 0.118. The molecular weight excluding hydrogens is 402 g/mol. The Hall–Kier alpha value is -3.07. The Morgan fingerprint density at radius 3 is 2.46 bits per heavy atom. The van der Waals surface area contributed by atoms with Crippen LogP contribution < -0.4 is 5.32 Å². The van der Waals surface area contributed by atoms with Crippen molar-refractivity contribution in [2.24, 2.45) is 0 Å². The summed E-state index contributed by atoms with van der Waals surface area (Å²) in [5, 5.41) is 17.8. The molecule has 0 unspecified atom stereocenters. The summed E-state index contributed by atoms with van der Waals surface area (Å²) in [4.78, 5) is 26.8. The zero-order chi connectivity index (χ0) is 18.7. The lowest BCUT2D eigenvalue weighted by molar-refractivity contribution is -0.384. The third-order valence-electron chi connectivity index (χ3n) is 3.69. The number of nitrogens with one attached hydrogen (secondary N) is 1. The van der Waals surface area contributed by atoms with Gasteiger partial charge >= 0.3 is 0 Å². The molecule has 1 amide bonds. The maximum Gasteiger partial charge on any atom is 0.269 e. The van der Waals surface area contributed by atoms with E-state index >= 15 is 0 Å². The van der Waals surface area contributed by atoms with Crippen molar-refractivity contribution in [1.29, 1.82) is 0 Å². The summed E-state index contributed by atoms with van der Waals surface area (Å²) in [5.74, 6) is 0.842. The van der Waals surface area contributed by atoms with Gasteiger partial charge in [-0.05, 0) is 43.3 Å². The van der Waals surface area contributed by atoms with Gasteiger partial charge in [0.1, 0.15) is 12.5 Å². The lowest BCUT2D eigenvalue weighted by Crippen LogP contribution is -2.27. The number of non-ortho nitro benzene ring substituents is 1. The second kappa shape index (κ2) is 7.44. The van der Waals surface area contributed by atoms with Crippen LogP contribution in [0.15, 0.2) is 53.0 Å². The molecule has 0 bridgehead atoms. The van der Waals surface area contributed by atoms with Crippen molar-refractivity contribution in [3.05, 3.63) is 74.5 Å². The van der Waals surface area contributed by atoms with E-state index in [0.29, 0.717) is 22.8 Å². The molecule has 0 aliphatic carbocycles. The van der Waals surface area contributed by atoms with Crippen molar-refractivity contribution < 1.29 is 9.72 Å². The molecule has 26 heavy (non-hydrogen) atoms. The minimum absolute atomic E-state index is 0.00617. The third-order valence-corrected chi connectivity index (χ3v) is 4.22. The highest BCUT2D eigenvalue weighted by atomic mass is 79.9. The number of nitro benzene ring substituents is 1. The predicted molar refractivity (Wildman–Crippen MR) is 98.5 cm³/mol. The second-order valence-corrected chi connectivity index (χ2v) is 6.37. The number of aryl methyl sites for hydroxylation is 1. The van der Waals surface area contributed by atoms with Crippen molar-refractivity contribution in [1.82, 2.24) is 20.1 Å². The summed E-state index contributed by atoms with van der Waals surface area (Å²) in [5.41, 5.74) is 1.21. The van der Waals surface area contributed by atoms with Crippen LogP contribution in [0.5, 0.6) is 0 Å². The molecule has 1 N–H and O–H groups in total. The lowest BCUT2D eigenvalue weighted by atomic mass is 10.2. The molecule has 0 aliphatic rings. The normalized spacial score (nSPS) is 10.5. The van der Waals surface area contributed by atoms with E-state index in [2.05, 4.69) is 31.3 Å². The highest BCUT2D eigenvalue weighted by Crippen LogP contribution is 2.19. The Labute approximate surface area is 157 Å². The molecule has 132 valence electrons. The molecule has 0 aliphatic heterocycles. The van der Waals surface area contributed by atoms with Crippen molar-refractivity contribution >= 4 is 27.5 Å². The first-order valence-electron chi connectivity index (χ1n) is 7.64. The van der Waals surface area contributed by atoms with Gasteiger partial charge < -0.3 is 5.32 Å². The average Bonchev–Trinajstić information content (AvgIpc) is 3.01. The number of carbonyl (C=O) groups excluding carboxylic acids is 1. The summed E-state index contributed by atoms with van der Waals surface area (Å²) < 4.78 is 2.46. The van der Waals surface area contributed by atoms with Crippen molar-refractivity contribution in [3.63, 3.8) is 0 Å². The first-order chi connectivity index (χ1) is 12.4. The Morgan fingerprint density at radius 1 is 1.19 bits per heavy atom. The fourth-order valence-corrected chi connectivity index (χ4v) is 2.54. The Morgan fingerprint density at radius 2 is 1.85 bits per heavy atom. The minimum atomic E-state index is -0.460. The Bertz CT molecular complexity index is 952. The van der Waals surface area contributed by atoms with E-state index in [1.54, 1.807) is 48.0 Å². The van der Waals surface area contributed by atoms with Crippen molar-refractivity contribution in [2.75, 3.05) is 0 Å².